The van der Waals surface area contributed by atoms with Crippen molar-refractivity contribution < 1.29 is 23.5 Å². The van der Waals surface area contributed by atoms with Gasteiger partial charge in [-0.05, 0) is 51.8 Å². The number of rotatable bonds is 4. The third-order valence-corrected chi connectivity index (χ3v) is 5.23. The number of esters is 1. The molecule has 9 heteroatoms. The number of carbonyl (C=O) groups excluding carboxylic acids is 2. The Bertz CT molecular complexity index is 993. The molecule has 1 N–H and O–H groups in total. The molecule has 0 aromatic heterocycles. The minimum absolute atomic E-state index is 0.104. The summed E-state index contributed by atoms with van der Waals surface area (Å²) in [5.74, 6) is -1.47. The average Bonchev–Trinajstić information content (AvgIpc) is 2.94. The molecule has 1 amide bonds. The van der Waals surface area contributed by atoms with E-state index < -0.39 is 11.8 Å². The van der Waals surface area contributed by atoms with Crippen molar-refractivity contribution in [1.82, 2.24) is 5.32 Å². The molecule has 0 saturated carbocycles. The molecule has 0 unspecified atom stereocenters. The molecule has 0 bridgehead atoms. The van der Waals surface area contributed by atoms with E-state index in [1.54, 1.807) is 18.2 Å². The van der Waals surface area contributed by atoms with Gasteiger partial charge in [-0.3, -0.25) is 4.79 Å². The molecule has 0 radical (unpaired) electrons. The molecule has 0 spiro atoms. The predicted octanol–water partition coefficient (Wildman–Crippen LogP) is 4.30. The van der Waals surface area contributed by atoms with Gasteiger partial charge in [0.25, 0.3) is 5.91 Å². The fraction of sp³-hybridized carbons (Fsp3) is 0.0556. The van der Waals surface area contributed by atoms with Crippen molar-refractivity contribution >= 4 is 62.2 Å². The Kier molecular flexibility index (Phi) is 5.93. The van der Waals surface area contributed by atoms with Crippen LogP contribution in [0.2, 0.25) is 0 Å². The third kappa shape index (κ3) is 4.37. The number of methoxy groups -OCH3 is 1. The van der Waals surface area contributed by atoms with Crippen LogP contribution in [-0.4, -0.2) is 23.3 Å². The molecule has 1 aliphatic rings. The van der Waals surface area contributed by atoms with Crippen LogP contribution in [0.15, 0.2) is 45.8 Å². The maximum atomic E-state index is 13.8. The normalized spacial score (nSPS) is 15.0. The monoisotopic (exact) mass is 467 g/mol. The molecular formula is C18H11BrFNO4S2. The number of halogens is 2. The van der Waals surface area contributed by atoms with E-state index in [0.29, 0.717) is 19.3 Å². The van der Waals surface area contributed by atoms with Crippen LogP contribution in [0.5, 0.6) is 11.5 Å². The van der Waals surface area contributed by atoms with Crippen molar-refractivity contribution in [3.8, 4) is 11.5 Å². The summed E-state index contributed by atoms with van der Waals surface area (Å²) in [7, 11) is 1.41. The summed E-state index contributed by atoms with van der Waals surface area (Å²) < 4.78 is 25.2. The van der Waals surface area contributed by atoms with Crippen molar-refractivity contribution in [3.05, 3.63) is 62.7 Å². The fourth-order valence-corrected chi connectivity index (χ4v) is 3.85. The van der Waals surface area contributed by atoms with Crippen molar-refractivity contribution in [1.29, 1.82) is 0 Å². The second-order valence-corrected chi connectivity index (χ2v) is 7.83. The maximum absolute atomic E-state index is 13.8. The first kappa shape index (κ1) is 19.5. The standard InChI is InChI=1S/C18H11BrFNO4S2/c1-24-13-7-9(8-14-16(22)21-18(26)27-14)6-11(19)15(13)25-17(23)10-4-2-3-5-12(10)20/h2-8H,1H3,(H,21,22,26). The van der Waals surface area contributed by atoms with Gasteiger partial charge in [-0.25, -0.2) is 9.18 Å². The van der Waals surface area contributed by atoms with Crippen molar-refractivity contribution in [3.63, 3.8) is 0 Å². The van der Waals surface area contributed by atoms with Gasteiger partial charge in [-0.2, -0.15) is 0 Å². The third-order valence-electron chi connectivity index (χ3n) is 3.48. The van der Waals surface area contributed by atoms with E-state index in [9.17, 15) is 14.0 Å². The minimum atomic E-state index is -0.853. The minimum Gasteiger partial charge on any atom is -0.493 e. The molecule has 2 aromatic carbocycles. The number of nitrogens with one attached hydrogen (secondary N) is 1. The van der Waals surface area contributed by atoms with E-state index >= 15 is 0 Å². The lowest BCUT2D eigenvalue weighted by atomic mass is 10.1. The van der Waals surface area contributed by atoms with Crippen LogP contribution in [0.1, 0.15) is 15.9 Å². The van der Waals surface area contributed by atoms with Gasteiger partial charge in [-0.1, -0.05) is 36.1 Å². The Morgan fingerprint density at radius 2 is 2.07 bits per heavy atom. The molecule has 0 aliphatic carbocycles. The topological polar surface area (TPSA) is 64.6 Å². The number of hydrogen-bond donors (Lipinski definition) is 1. The average molecular weight is 468 g/mol. The SMILES string of the molecule is COc1cc(C=C2SC(=S)NC2=O)cc(Br)c1OC(=O)c1ccccc1F. The first-order chi connectivity index (χ1) is 12.9. The van der Waals surface area contributed by atoms with Crippen LogP contribution in [-0.2, 0) is 4.79 Å². The fourth-order valence-electron chi connectivity index (χ4n) is 2.27. The molecule has 1 saturated heterocycles. The molecule has 138 valence electrons. The largest absolute Gasteiger partial charge is 0.493 e. The summed E-state index contributed by atoms with van der Waals surface area (Å²) in [6, 6.07) is 8.76. The highest BCUT2D eigenvalue weighted by Crippen LogP contribution is 2.38. The Hall–Kier alpha value is -2.23. The number of carbonyl (C=O) groups is 2. The summed E-state index contributed by atoms with van der Waals surface area (Å²) in [6.07, 6.45) is 1.63. The zero-order valence-corrected chi connectivity index (χ0v) is 17.0. The molecular weight excluding hydrogens is 457 g/mol. The second kappa shape index (κ2) is 8.20. The lowest BCUT2D eigenvalue weighted by Crippen LogP contribution is -2.17. The van der Waals surface area contributed by atoms with E-state index in [0.717, 1.165) is 11.8 Å². The van der Waals surface area contributed by atoms with Crippen LogP contribution in [0, 0.1) is 5.82 Å². The number of benzene rings is 2. The Labute approximate surface area is 172 Å². The van der Waals surface area contributed by atoms with E-state index in [1.165, 1.54) is 31.4 Å². The van der Waals surface area contributed by atoms with E-state index in [2.05, 4.69) is 21.2 Å². The highest BCUT2D eigenvalue weighted by Gasteiger charge is 2.23. The van der Waals surface area contributed by atoms with Crippen LogP contribution < -0.4 is 14.8 Å². The molecule has 0 atom stereocenters. The molecule has 1 fully saturated rings. The van der Waals surface area contributed by atoms with Crippen molar-refractivity contribution in [2.45, 2.75) is 0 Å². The smallest absolute Gasteiger partial charge is 0.346 e. The van der Waals surface area contributed by atoms with Gasteiger partial charge in [-0.15, -0.1) is 0 Å². The number of thiocarbonyl (C=S) groups is 1. The highest BCUT2D eigenvalue weighted by atomic mass is 79.9. The molecule has 2 aromatic rings. The second-order valence-electron chi connectivity index (χ2n) is 5.26. The van der Waals surface area contributed by atoms with Crippen LogP contribution in [0.4, 0.5) is 4.39 Å². The van der Waals surface area contributed by atoms with Crippen LogP contribution in [0.25, 0.3) is 6.08 Å². The van der Waals surface area contributed by atoms with E-state index in [4.69, 9.17) is 21.7 Å². The number of amides is 1. The summed E-state index contributed by atoms with van der Waals surface area (Å²) in [6.45, 7) is 0. The maximum Gasteiger partial charge on any atom is 0.346 e. The quantitative estimate of drug-likeness (QED) is 0.313. The van der Waals surface area contributed by atoms with Gasteiger partial charge in [0.15, 0.2) is 11.5 Å². The van der Waals surface area contributed by atoms with E-state index in [-0.39, 0.29) is 23.0 Å². The molecule has 1 aliphatic heterocycles. The highest BCUT2D eigenvalue weighted by molar-refractivity contribution is 9.10. The van der Waals surface area contributed by atoms with Crippen molar-refractivity contribution in [2.75, 3.05) is 7.11 Å². The zero-order valence-electron chi connectivity index (χ0n) is 13.7. The lowest BCUT2D eigenvalue weighted by molar-refractivity contribution is -0.115. The molecule has 27 heavy (non-hydrogen) atoms. The van der Waals surface area contributed by atoms with Gasteiger partial charge in [0, 0.05) is 0 Å². The number of thioether (sulfide) groups is 1. The van der Waals surface area contributed by atoms with Crippen LogP contribution in [0.3, 0.4) is 0 Å². The van der Waals surface area contributed by atoms with Gasteiger partial charge < -0.3 is 14.8 Å². The van der Waals surface area contributed by atoms with Gasteiger partial charge in [0.05, 0.1) is 22.1 Å². The lowest BCUT2D eigenvalue weighted by Gasteiger charge is -2.12. The number of ether oxygens (including phenoxy) is 2. The molecule has 5 nitrogen and oxygen atoms in total. The first-order valence-electron chi connectivity index (χ1n) is 7.48. The summed E-state index contributed by atoms with van der Waals surface area (Å²) in [4.78, 5) is 24.5. The van der Waals surface area contributed by atoms with Crippen molar-refractivity contribution in [2.24, 2.45) is 0 Å². The predicted molar refractivity (Wildman–Crippen MR) is 108 cm³/mol. The van der Waals surface area contributed by atoms with Gasteiger partial charge in [0.1, 0.15) is 10.1 Å². The summed E-state index contributed by atoms with van der Waals surface area (Å²) in [5, 5.41) is 2.53. The Morgan fingerprint density at radius 3 is 2.70 bits per heavy atom. The van der Waals surface area contributed by atoms with Gasteiger partial charge in [0.2, 0.25) is 0 Å². The van der Waals surface area contributed by atoms with E-state index in [1.807, 2.05) is 0 Å². The summed E-state index contributed by atoms with van der Waals surface area (Å²) >= 11 is 9.43. The molecule has 3 rings (SSSR count). The Balaban J connectivity index is 1.92. The molecule has 1 heterocycles. The number of hydrogen-bond acceptors (Lipinski definition) is 6. The first-order valence-corrected chi connectivity index (χ1v) is 9.50. The Morgan fingerprint density at radius 1 is 1.33 bits per heavy atom. The van der Waals surface area contributed by atoms with Crippen LogP contribution >= 0.6 is 39.9 Å². The summed E-state index contributed by atoms with van der Waals surface area (Å²) in [5.41, 5.74) is 0.442. The van der Waals surface area contributed by atoms with Gasteiger partial charge >= 0.3 is 5.97 Å². The zero-order chi connectivity index (χ0) is 19.6.